The largest absolute Gasteiger partial charge is 0.343 e. The molecule has 2 aliphatic rings. The number of rotatable bonds is 9. The van der Waals surface area contributed by atoms with Crippen molar-refractivity contribution >= 4 is 23.8 Å². The van der Waals surface area contributed by atoms with Gasteiger partial charge < -0.3 is 30.8 Å². The van der Waals surface area contributed by atoms with E-state index in [2.05, 4.69) is 43.0 Å². The first-order valence-corrected chi connectivity index (χ1v) is 12.0. The van der Waals surface area contributed by atoms with Gasteiger partial charge in [0.25, 0.3) is 5.91 Å². The molecule has 4 rings (SSSR count). The fourth-order valence-corrected chi connectivity index (χ4v) is 4.77. The summed E-state index contributed by atoms with van der Waals surface area (Å²) in [6.45, 7) is 9.19. The van der Waals surface area contributed by atoms with E-state index in [0.717, 1.165) is 64.2 Å². The van der Waals surface area contributed by atoms with E-state index in [1.54, 1.807) is 25.1 Å². The van der Waals surface area contributed by atoms with Gasteiger partial charge in [0.2, 0.25) is 0 Å². The maximum Gasteiger partial charge on any atom is 0.270 e. The van der Waals surface area contributed by atoms with Crippen molar-refractivity contribution < 1.29 is 4.79 Å². The maximum absolute atomic E-state index is 12.9. The third-order valence-corrected chi connectivity index (χ3v) is 6.53. The number of aromatic nitrogens is 2. The third-order valence-electron chi connectivity index (χ3n) is 6.53. The van der Waals surface area contributed by atoms with Gasteiger partial charge in [-0.2, -0.15) is 0 Å². The van der Waals surface area contributed by atoms with Gasteiger partial charge in [-0.25, -0.2) is 4.98 Å². The van der Waals surface area contributed by atoms with Gasteiger partial charge in [-0.1, -0.05) is 25.5 Å². The van der Waals surface area contributed by atoms with Crippen LogP contribution in [0.2, 0.25) is 0 Å². The molecule has 2 fully saturated rings. The fraction of sp³-hybridized carbons (Fsp3) is 0.480. The minimum atomic E-state index is -0.0663. The summed E-state index contributed by atoms with van der Waals surface area (Å²) in [5.74, 6) is 1.90. The summed E-state index contributed by atoms with van der Waals surface area (Å²) in [6, 6.07) is 6.07. The lowest BCUT2D eigenvalue weighted by molar-refractivity contribution is 0.0815. The summed E-state index contributed by atoms with van der Waals surface area (Å²) in [6.07, 6.45) is 7.50. The number of piperazine rings is 1. The third kappa shape index (κ3) is 5.48. The molecule has 1 saturated carbocycles. The zero-order valence-electron chi connectivity index (χ0n) is 20.2. The van der Waals surface area contributed by atoms with Crippen LogP contribution in [0.15, 0.2) is 36.8 Å². The van der Waals surface area contributed by atoms with Crippen LogP contribution in [0.5, 0.6) is 0 Å². The van der Waals surface area contributed by atoms with Crippen LogP contribution in [0, 0.1) is 5.41 Å². The van der Waals surface area contributed by atoms with Gasteiger partial charge >= 0.3 is 0 Å². The van der Waals surface area contributed by atoms with Crippen LogP contribution in [-0.4, -0.2) is 71.7 Å². The van der Waals surface area contributed by atoms with Crippen molar-refractivity contribution in [2.45, 2.75) is 38.3 Å². The number of pyridine rings is 1. The molecule has 9 heteroatoms. The van der Waals surface area contributed by atoms with Crippen LogP contribution in [0.25, 0.3) is 0 Å². The normalized spacial score (nSPS) is 16.9. The quantitative estimate of drug-likeness (QED) is 0.426. The van der Waals surface area contributed by atoms with Crippen LogP contribution in [0.3, 0.4) is 0 Å². The maximum atomic E-state index is 12.9. The van der Waals surface area contributed by atoms with Crippen molar-refractivity contribution in [3.63, 3.8) is 0 Å². The van der Waals surface area contributed by atoms with E-state index in [1.165, 1.54) is 11.8 Å². The van der Waals surface area contributed by atoms with Crippen molar-refractivity contribution in [3.8, 4) is 0 Å². The number of nitrogens with one attached hydrogen (secondary N) is 4. The molecular weight excluding hydrogens is 428 g/mol. The number of anilines is 2. The van der Waals surface area contributed by atoms with Crippen LogP contribution >= 0.6 is 0 Å². The molecule has 1 aliphatic heterocycles. The van der Waals surface area contributed by atoms with Crippen LogP contribution in [0.1, 0.15) is 53.3 Å². The van der Waals surface area contributed by atoms with Gasteiger partial charge in [0.05, 0.1) is 0 Å². The molecule has 9 nitrogen and oxygen atoms in total. The zero-order valence-corrected chi connectivity index (χ0v) is 20.2. The van der Waals surface area contributed by atoms with E-state index in [0.29, 0.717) is 22.9 Å². The Morgan fingerprint density at radius 2 is 2.00 bits per heavy atom. The second-order valence-corrected chi connectivity index (χ2v) is 9.29. The number of nitrogens with zero attached hydrogens (tertiary/aromatic N) is 4. The summed E-state index contributed by atoms with van der Waals surface area (Å²) in [4.78, 5) is 21.5. The van der Waals surface area contributed by atoms with Crippen molar-refractivity contribution in [1.82, 2.24) is 24.7 Å². The average Bonchev–Trinajstić information content (AvgIpc) is 3.48. The summed E-state index contributed by atoms with van der Waals surface area (Å²) >= 11 is 0. The highest BCUT2D eigenvalue weighted by Gasteiger charge is 2.28. The lowest BCUT2D eigenvalue weighted by atomic mass is 10.2. The first kappa shape index (κ1) is 24.0. The number of hydrogen-bond donors (Lipinski definition) is 4. The molecule has 0 bridgehead atoms. The molecule has 34 heavy (non-hydrogen) atoms. The Balaban J connectivity index is 1.48. The van der Waals surface area contributed by atoms with Crippen LogP contribution in [0.4, 0.5) is 11.6 Å². The Morgan fingerprint density at radius 1 is 1.26 bits per heavy atom. The lowest BCUT2D eigenvalue weighted by Crippen LogP contribution is -2.42. The topological polar surface area (TPSA) is 101 Å². The molecule has 2 aromatic rings. The first-order valence-electron chi connectivity index (χ1n) is 12.0. The molecule has 1 amide bonds. The van der Waals surface area contributed by atoms with Gasteiger partial charge in [-0.05, 0) is 30.5 Å². The molecule has 1 aliphatic carbocycles. The van der Waals surface area contributed by atoms with E-state index in [1.807, 2.05) is 12.3 Å². The van der Waals surface area contributed by atoms with Gasteiger partial charge in [-0.3, -0.25) is 9.69 Å². The molecule has 0 aromatic carbocycles. The highest BCUT2D eigenvalue weighted by Crippen LogP contribution is 2.36. The Hall–Kier alpha value is -3.17. The molecule has 0 spiro atoms. The van der Waals surface area contributed by atoms with Crippen LogP contribution < -0.4 is 16.0 Å². The van der Waals surface area contributed by atoms with Crippen molar-refractivity contribution in [1.29, 1.82) is 5.41 Å². The highest BCUT2D eigenvalue weighted by atomic mass is 16.2. The number of carbonyl (C=O) groups excluding carboxylic acids is 1. The first-order chi connectivity index (χ1) is 16.5. The van der Waals surface area contributed by atoms with Crippen molar-refractivity contribution in [3.05, 3.63) is 53.6 Å². The van der Waals surface area contributed by atoms with Gasteiger partial charge in [0.1, 0.15) is 23.2 Å². The monoisotopic (exact) mass is 464 g/mol. The standard InChI is InChI=1S/C25H36N8O/c1-18(29-23-9-8-19(16-28-23)17-32-12-10-27-11-13-32)30-24-20(15-26)14-22(25(34)31(2)3)33(24)21-6-4-5-7-21/h8-9,14-16,21,26-27,30H,1,4-7,10-13,17H2,2-3H3,(H,28,29). The molecule has 0 unspecified atom stereocenters. The fourth-order valence-electron chi connectivity index (χ4n) is 4.77. The molecular formula is C25H36N8O. The summed E-state index contributed by atoms with van der Waals surface area (Å²) in [5, 5.41) is 17.9. The smallest absolute Gasteiger partial charge is 0.270 e. The Bertz CT molecular complexity index is 1010. The molecule has 2 aromatic heterocycles. The molecule has 3 heterocycles. The van der Waals surface area contributed by atoms with Crippen molar-refractivity contribution in [2.75, 3.05) is 50.9 Å². The summed E-state index contributed by atoms with van der Waals surface area (Å²) in [5.41, 5.74) is 2.44. The van der Waals surface area contributed by atoms with Crippen molar-refractivity contribution in [2.24, 2.45) is 0 Å². The van der Waals surface area contributed by atoms with E-state index in [4.69, 9.17) is 5.41 Å². The molecule has 182 valence electrons. The highest BCUT2D eigenvalue weighted by molar-refractivity contribution is 5.98. The Labute approximate surface area is 201 Å². The number of amides is 1. The van der Waals surface area contributed by atoms with E-state index >= 15 is 0 Å². The van der Waals surface area contributed by atoms with E-state index < -0.39 is 0 Å². The second-order valence-electron chi connectivity index (χ2n) is 9.29. The SMILES string of the molecule is C=C(Nc1ccc(CN2CCNCC2)cn1)Nc1c(C=N)cc(C(=O)N(C)C)n1C1CCCC1. The van der Waals surface area contributed by atoms with Gasteiger partial charge in [0.15, 0.2) is 0 Å². The number of carbonyl (C=O) groups is 1. The summed E-state index contributed by atoms with van der Waals surface area (Å²) < 4.78 is 2.06. The van der Waals surface area contributed by atoms with E-state index in [9.17, 15) is 4.79 Å². The summed E-state index contributed by atoms with van der Waals surface area (Å²) in [7, 11) is 3.51. The molecule has 0 radical (unpaired) electrons. The Morgan fingerprint density at radius 3 is 2.62 bits per heavy atom. The molecule has 1 saturated heterocycles. The Kier molecular flexibility index (Phi) is 7.64. The second kappa shape index (κ2) is 10.8. The minimum absolute atomic E-state index is 0.0663. The predicted octanol–water partition coefficient (Wildman–Crippen LogP) is 3.10. The molecule has 4 N–H and O–H groups in total. The predicted molar refractivity (Wildman–Crippen MR) is 137 cm³/mol. The zero-order chi connectivity index (χ0) is 24.1. The lowest BCUT2D eigenvalue weighted by Gasteiger charge is -2.27. The van der Waals surface area contributed by atoms with E-state index in [-0.39, 0.29) is 11.9 Å². The van der Waals surface area contributed by atoms with Crippen LogP contribution in [-0.2, 0) is 6.54 Å². The van der Waals surface area contributed by atoms with Gasteiger partial charge in [0, 0.05) is 70.8 Å². The molecule has 0 atom stereocenters. The average molecular weight is 465 g/mol. The van der Waals surface area contributed by atoms with Gasteiger partial charge in [-0.15, -0.1) is 0 Å². The minimum Gasteiger partial charge on any atom is -0.343 e. The number of hydrogen-bond acceptors (Lipinski definition) is 7.